The number of hydrogen-bond donors (Lipinski definition) is 1. The van der Waals surface area contributed by atoms with Crippen LogP contribution in [0.5, 0.6) is 11.6 Å². The van der Waals surface area contributed by atoms with Crippen molar-refractivity contribution in [3.63, 3.8) is 0 Å². The zero-order chi connectivity index (χ0) is 13.7. The van der Waals surface area contributed by atoms with Crippen molar-refractivity contribution in [2.75, 3.05) is 12.4 Å². The van der Waals surface area contributed by atoms with Crippen molar-refractivity contribution in [1.82, 2.24) is 9.97 Å². The summed E-state index contributed by atoms with van der Waals surface area (Å²) in [5, 5.41) is 3.03. The maximum absolute atomic E-state index is 5.84. The zero-order valence-corrected chi connectivity index (χ0v) is 13.1. The van der Waals surface area contributed by atoms with Crippen molar-refractivity contribution in [1.29, 1.82) is 0 Å². The van der Waals surface area contributed by atoms with Gasteiger partial charge in [0.2, 0.25) is 5.88 Å². The Bertz CT molecular complexity index is 560. The van der Waals surface area contributed by atoms with Gasteiger partial charge in [0.1, 0.15) is 17.4 Å². The molecule has 0 amide bonds. The highest BCUT2D eigenvalue weighted by atomic mass is 127. The fraction of sp³-hybridized carbons (Fsp3) is 0.286. The Hall–Kier alpha value is -1.37. The van der Waals surface area contributed by atoms with Crippen LogP contribution in [0.25, 0.3) is 0 Å². The summed E-state index contributed by atoms with van der Waals surface area (Å²) < 4.78 is 6.90. The number of benzene rings is 1. The van der Waals surface area contributed by atoms with Crippen LogP contribution in [-0.4, -0.2) is 17.0 Å². The molecule has 0 fully saturated rings. The number of ether oxygens (including phenoxy) is 1. The van der Waals surface area contributed by atoms with Gasteiger partial charge in [-0.2, -0.15) is 4.98 Å². The van der Waals surface area contributed by atoms with Gasteiger partial charge in [-0.05, 0) is 41.1 Å². The minimum atomic E-state index is 0.576. The normalized spacial score (nSPS) is 10.3. The molecule has 4 nitrogen and oxygen atoms in total. The van der Waals surface area contributed by atoms with Crippen LogP contribution in [0.15, 0.2) is 30.3 Å². The number of hydrogen-bond acceptors (Lipinski definition) is 4. The van der Waals surface area contributed by atoms with E-state index in [2.05, 4.69) is 44.8 Å². The number of nitrogens with zero attached hydrogens (tertiary/aromatic N) is 2. The molecule has 0 aliphatic carbocycles. The van der Waals surface area contributed by atoms with Crippen molar-refractivity contribution in [2.24, 2.45) is 0 Å². The number of aryl methyl sites for hydroxylation is 1. The first-order chi connectivity index (χ1) is 9.22. The first-order valence-corrected chi connectivity index (χ1v) is 7.29. The molecule has 100 valence electrons. The van der Waals surface area contributed by atoms with Gasteiger partial charge in [-0.1, -0.05) is 19.1 Å². The molecule has 1 N–H and O–H groups in total. The second kappa shape index (κ2) is 6.70. The molecule has 5 heteroatoms. The van der Waals surface area contributed by atoms with Crippen LogP contribution in [0.4, 0.5) is 5.82 Å². The van der Waals surface area contributed by atoms with Gasteiger partial charge in [0.25, 0.3) is 0 Å². The highest BCUT2D eigenvalue weighted by molar-refractivity contribution is 14.1. The van der Waals surface area contributed by atoms with Crippen molar-refractivity contribution >= 4 is 28.4 Å². The predicted molar refractivity (Wildman–Crippen MR) is 84.8 cm³/mol. The van der Waals surface area contributed by atoms with Crippen molar-refractivity contribution in [3.05, 3.63) is 39.7 Å². The number of halogens is 1. The molecule has 1 heterocycles. The Balaban J connectivity index is 2.29. The average molecular weight is 369 g/mol. The molecule has 19 heavy (non-hydrogen) atoms. The van der Waals surface area contributed by atoms with Crippen LogP contribution in [0.3, 0.4) is 0 Å². The third kappa shape index (κ3) is 3.79. The van der Waals surface area contributed by atoms with Crippen LogP contribution in [0, 0.1) is 3.57 Å². The van der Waals surface area contributed by atoms with Crippen LogP contribution in [0.1, 0.15) is 19.2 Å². The molecular formula is C14H16IN3O. The van der Waals surface area contributed by atoms with Gasteiger partial charge in [-0.15, -0.1) is 0 Å². The molecular weight excluding hydrogens is 353 g/mol. The van der Waals surface area contributed by atoms with E-state index in [-0.39, 0.29) is 0 Å². The second-order valence-corrected chi connectivity index (χ2v) is 5.20. The molecule has 0 spiro atoms. The number of nitrogens with one attached hydrogen (secondary N) is 1. The molecule has 0 atom stereocenters. The van der Waals surface area contributed by atoms with Gasteiger partial charge in [-0.25, -0.2) is 4.98 Å². The summed E-state index contributed by atoms with van der Waals surface area (Å²) in [7, 11) is 1.84. The first-order valence-electron chi connectivity index (χ1n) is 6.21. The van der Waals surface area contributed by atoms with Gasteiger partial charge in [0.15, 0.2) is 0 Å². The Labute approximate surface area is 126 Å². The van der Waals surface area contributed by atoms with E-state index in [9.17, 15) is 0 Å². The number of para-hydroxylation sites is 1. The summed E-state index contributed by atoms with van der Waals surface area (Å²) in [6.07, 6.45) is 1.85. The minimum absolute atomic E-state index is 0.576. The van der Waals surface area contributed by atoms with Crippen LogP contribution >= 0.6 is 22.6 Å². The summed E-state index contributed by atoms with van der Waals surface area (Å²) in [4.78, 5) is 8.83. The summed E-state index contributed by atoms with van der Waals surface area (Å²) in [5.41, 5.74) is 0. The monoisotopic (exact) mass is 369 g/mol. The molecule has 0 aliphatic heterocycles. The van der Waals surface area contributed by atoms with Crippen molar-refractivity contribution in [2.45, 2.75) is 19.8 Å². The fourth-order valence-electron chi connectivity index (χ4n) is 1.63. The lowest BCUT2D eigenvalue weighted by Crippen LogP contribution is -2.02. The third-order valence-corrected chi connectivity index (χ3v) is 3.42. The summed E-state index contributed by atoms with van der Waals surface area (Å²) in [6.45, 7) is 2.11. The molecule has 0 radical (unpaired) electrons. The number of anilines is 1. The summed E-state index contributed by atoms with van der Waals surface area (Å²) in [6, 6.07) is 9.68. The molecule has 1 aromatic carbocycles. The highest BCUT2D eigenvalue weighted by Gasteiger charge is 2.07. The van der Waals surface area contributed by atoms with Crippen LogP contribution in [-0.2, 0) is 6.42 Å². The fourth-order valence-corrected chi connectivity index (χ4v) is 2.13. The van der Waals surface area contributed by atoms with E-state index < -0.39 is 0 Å². The lowest BCUT2D eigenvalue weighted by atomic mass is 10.3. The van der Waals surface area contributed by atoms with Gasteiger partial charge < -0.3 is 10.1 Å². The molecule has 0 unspecified atom stereocenters. The van der Waals surface area contributed by atoms with Crippen molar-refractivity contribution < 1.29 is 4.74 Å². The maximum atomic E-state index is 5.84. The van der Waals surface area contributed by atoms with E-state index in [1.807, 2.05) is 37.4 Å². The van der Waals surface area contributed by atoms with E-state index in [0.29, 0.717) is 5.88 Å². The first kappa shape index (κ1) is 14.0. The topological polar surface area (TPSA) is 47.0 Å². The van der Waals surface area contributed by atoms with Crippen LogP contribution in [0.2, 0.25) is 0 Å². The zero-order valence-electron chi connectivity index (χ0n) is 11.0. The maximum Gasteiger partial charge on any atom is 0.224 e. The molecule has 1 aromatic heterocycles. The molecule has 0 saturated carbocycles. The SMILES string of the molecule is CCCc1nc(NC)cc(Oc2ccccc2I)n1. The standard InChI is InChI=1S/C14H16IN3O/c1-3-6-12-17-13(16-2)9-14(18-12)19-11-8-5-4-7-10(11)15/h4-5,7-9H,3,6H2,1-2H3,(H,16,17,18). The average Bonchev–Trinajstić information content (AvgIpc) is 2.41. The van der Waals surface area contributed by atoms with E-state index >= 15 is 0 Å². The number of aromatic nitrogens is 2. The van der Waals surface area contributed by atoms with Crippen molar-refractivity contribution in [3.8, 4) is 11.6 Å². The second-order valence-electron chi connectivity index (χ2n) is 4.04. The quantitative estimate of drug-likeness (QED) is 0.813. The van der Waals surface area contributed by atoms with E-state index in [1.165, 1.54) is 0 Å². The van der Waals surface area contributed by atoms with Crippen LogP contribution < -0.4 is 10.1 Å². The smallest absolute Gasteiger partial charge is 0.224 e. The molecule has 0 aliphatic rings. The summed E-state index contributed by atoms with van der Waals surface area (Å²) in [5.74, 6) is 2.97. The van der Waals surface area contributed by atoms with Gasteiger partial charge >= 0.3 is 0 Å². The van der Waals surface area contributed by atoms with Gasteiger partial charge in [0.05, 0.1) is 3.57 Å². The third-order valence-electron chi connectivity index (χ3n) is 2.53. The molecule has 0 saturated heterocycles. The van der Waals surface area contributed by atoms with E-state index in [0.717, 1.165) is 33.8 Å². The molecule has 2 aromatic rings. The van der Waals surface area contributed by atoms with Gasteiger partial charge in [0, 0.05) is 19.5 Å². The Kier molecular flexibility index (Phi) is 4.95. The Morgan fingerprint density at radius 2 is 2.05 bits per heavy atom. The predicted octanol–water partition coefficient (Wildman–Crippen LogP) is 3.87. The largest absolute Gasteiger partial charge is 0.438 e. The highest BCUT2D eigenvalue weighted by Crippen LogP contribution is 2.26. The van der Waals surface area contributed by atoms with E-state index in [4.69, 9.17) is 4.74 Å². The molecule has 0 bridgehead atoms. The lowest BCUT2D eigenvalue weighted by molar-refractivity contribution is 0.455. The molecule has 2 rings (SSSR count). The van der Waals surface area contributed by atoms with Gasteiger partial charge in [-0.3, -0.25) is 0 Å². The lowest BCUT2D eigenvalue weighted by Gasteiger charge is -2.09. The van der Waals surface area contributed by atoms with E-state index in [1.54, 1.807) is 0 Å². The number of rotatable bonds is 5. The Morgan fingerprint density at radius 3 is 2.74 bits per heavy atom. The Morgan fingerprint density at radius 1 is 1.26 bits per heavy atom. The summed E-state index contributed by atoms with van der Waals surface area (Å²) >= 11 is 2.25. The minimum Gasteiger partial charge on any atom is -0.438 e.